The van der Waals surface area contributed by atoms with Gasteiger partial charge in [0.25, 0.3) is 0 Å². The van der Waals surface area contributed by atoms with Gasteiger partial charge in [-0.1, -0.05) is 0 Å². The summed E-state index contributed by atoms with van der Waals surface area (Å²) in [7, 11) is 1.97. The molecule has 4 aliphatic carbocycles. The van der Waals surface area contributed by atoms with E-state index in [-0.39, 0.29) is 41.4 Å². The van der Waals surface area contributed by atoms with Gasteiger partial charge in [-0.15, -0.1) is 0 Å². The van der Waals surface area contributed by atoms with Crippen molar-refractivity contribution in [2.45, 2.75) is 50.7 Å². The van der Waals surface area contributed by atoms with Crippen LogP contribution in [0.4, 0.5) is 10.6 Å². The van der Waals surface area contributed by atoms with Gasteiger partial charge in [-0.2, -0.15) is 5.26 Å². The summed E-state index contributed by atoms with van der Waals surface area (Å²) in [6.07, 6.45) is 6.61. The average Bonchev–Trinajstić information content (AvgIpc) is 3.25. The van der Waals surface area contributed by atoms with Crippen molar-refractivity contribution < 1.29 is 14.3 Å². The number of hydrogen-bond acceptors (Lipinski definition) is 6. The molecule has 31 heavy (non-hydrogen) atoms. The van der Waals surface area contributed by atoms with Crippen LogP contribution in [0.5, 0.6) is 0 Å². The van der Waals surface area contributed by atoms with E-state index in [1.54, 1.807) is 17.2 Å². The Labute approximate surface area is 182 Å². The highest BCUT2D eigenvalue weighted by Gasteiger charge is 2.59. The minimum Gasteiger partial charge on any atom is -0.446 e. The molecule has 4 saturated carbocycles. The number of hydrogen-bond donors (Lipinski definition) is 1. The molecule has 5 aliphatic rings. The number of rotatable bonds is 4. The Balaban J connectivity index is 1.20. The maximum absolute atomic E-state index is 13.0. The Morgan fingerprint density at radius 2 is 2.03 bits per heavy atom. The molecule has 0 radical (unpaired) electrons. The van der Waals surface area contributed by atoms with E-state index in [0.717, 1.165) is 44.3 Å². The third-order valence-corrected chi connectivity index (χ3v) is 8.15. The number of likely N-dealkylation sites (tertiary alicyclic amines) is 1. The summed E-state index contributed by atoms with van der Waals surface area (Å²) < 4.78 is 6.06. The first-order valence-corrected chi connectivity index (χ1v) is 11.2. The largest absolute Gasteiger partial charge is 0.446 e. The van der Waals surface area contributed by atoms with Gasteiger partial charge in [-0.05, 0) is 68.4 Å². The zero-order valence-electron chi connectivity index (χ0n) is 17.9. The van der Waals surface area contributed by atoms with Crippen LogP contribution in [0.1, 0.15) is 44.1 Å². The normalized spacial score (nSPS) is 35.6. The summed E-state index contributed by atoms with van der Waals surface area (Å²) in [6, 6.07) is 5.83. The van der Waals surface area contributed by atoms with Crippen molar-refractivity contribution in [2.75, 3.05) is 25.0 Å². The van der Waals surface area contributed by atoms with Gasteiger partial charge in [-0.3, -0.25) is 4.79 Å². The van der Waals surface area contributed by atoms with Crippen molar-refractivity contribution in [3.8, 4) is 6.07 Å². The number of anilines is 1. The van der Waals surface area contributed by atoms with Crippen molar-refractivity contribution >= 4 is 17.8 Å². The van der Waals surface area contributed by atoms with E-state index >= 15 is 0 Å². The van der Waals surface area contributed by atoms with Crippen LogP contribution in [-0.4, -0.2) is 54.2 Å². The van der Waals surface area contributed by atoms with Crippen molar-refractivity contribution in [1.82, 2.24) is 9.88 Å². The van der Waals surface area contributed by atoms with E-state index in [1.165, 1.54) is 0 Å². The predicted octanol–water partition coefficient (Wildman–Crippen LogP) is 2.28. The van der Waals surface area contributed by atoms with E-state index in [0.29, 0.717) is 24.6 Å². The van der Waals surface area contributed by atoms with E-state index in [1.807, 2.05) is 13.1 Å². The number of nitrogens with zero attached hydrogens (tertiary/aromatic N) is 4. The molecule has 0 aromatic carbocycles. The monoisotopic (exact) mass is 423 g/mol. The van der Waals surface area contributed by atoms with Crippen LogP contribution in [0.25, 0.3) is 0 Å². The Kier molecular flexibility index (Phi) is 4.80. The molecule has 6 rings (SSSR count). The van der Waals surface area contributed by atoms with Crippen molar-refractivity contribution in [1.29, 1.82) is 5.26 Å². The number of nitrogens with two attached hydrogens (primary N) is 1. The summed E-state index contributed by atoms with van der Waals surface area (Å²) >= 11 is 0. The van der Waals surface area contributed by atoms with Gasteiger partial charge in [0, 0.05) is 32.4 Å². The smallest absolute Gasteiger partial charge is 0.410 e. The maximum atomic E-state index is 13.0. The van der Waals surface area contributed by atoms with E-state index in [9.17, 15) is 9.59 Å². The van der Waals surface area contributed by atoms with Crippen molar-refractivity contribution in [3.63, 3.8) is 0 Å². The molecular weight excluding hydrogens is 394 g/mol. The van der Waals surface area contributed by atoms with Crippen LogP contribution in [0.2, 0.25) is 0 Å². The Bertz CT molecular complexity index is 910. The first-order valence-electron chi connectivity index (χ1n) is 11.2. The van der Waals surface area contributed by atoms with E-state index in [2.05, 4.69) is 16.0 Å². The molecule has 2 N–H and O–H groups in total. The number of amides is 2. The number of aromatic nitrogens is 1. The molecular formula is C23H29N5O3. The van der Waals surface area contributed by atoms with Crippen LogP contribution in [0.15, 0.2) is 18.3 Å². The van der Waals surface area contributed by atoms with Crippen molar-refractivity contribution in [3.05, 3.63) is 23.9 Å². The number of pyridine rings is 1. The maximum Gasteiger partial charge on any atom is 0.410 e. The summed E-state index contributed by atoms with van der Waals surface area (Å²) in [6.45, 7) is 1.24. The van der Waals surface area contributed by atoms with Gasteiger partial charge < -0.3 is 20.3 Å². The van der Waals surface area contributed by atoms with Gasteiger partial charge in [0.1, 0.15) is 18.0 Å². The van der Waals surface area contributed by atoms with Gasteiger partial charge in [0.15, 0.2) is 0 Å². The SMILES string of the molecule is CN(c1ccc(C#N)cn1)C1CCN(C(=O)OC2C3CC4CC2CC(C(N)=O)(C4)C3)C1. The summed E-state index contributed by atoms with van der Waals surface area (Å²) in [4.78, 5) is 33.3. The van der Waals surface area contributed by atoms with E-state index < -0.39 is 0 Å². The highest BCUT2D eigenvalue weighted by molar-refractivity contribution is 5.81. The number of ether oxygens (including phenoxy) is 1. The fraction of sp³-hybridized carbons (Fsp3) is 0.652. The molecule has 8 nitrogen and oxygen atoms in total. The molecule has 5 fully saturated rings. The molecule has 8 heteroatoms. The van der Waals surface area contributed by atoms with Crippen LogP contribution < -0.4 is 10.6 Å². The van der Waals surface area contributed by atoms with Gasteiger partial charge in [0.05, 0.1) is 11.0 Å². The molecule has 1 saturated heterocycles. The van der Waals surface area contributed by atoms with Crippen molar-refractivity contribution in [2.24, 2.45) is 28.9 Å². The number of likely N-dealkylation sites (N-methyl/N-ethyl adjacent to an activating group) is 1. The lowest BCUT2D eigenvalue weighted by atomic mass is 9.48. The zero-order valence-corrected chi connectivity index (χ0v) is 17.9. The number of nitriles is 1. The van der Waals surface area contributed by atoms with Gasteiger partial charge in [0.2, 0.25) is 5.91 Å². The molecule has 1 aromatic heterocycles. The first kappa shape index (κ1) is 20.1. The molecule has 3 unspecified atom stereocenters. The molecule has 164 valence electrons. The highest BCUT2D eigenvalue weighted by atomic mass is 16.6. The second kappa shape index (κ2) is 7.40. The average molecular weight is 424 g/mol. The molecule has 3 atom stereocenters. The standard InChI is InChI=1S/C23H29N5O3/c1-27(19-3-2-14(11-24)12-26-19)18-4-5-28(13-18)22(30)31-20-16-6-15-7-17(20)10-23(8-15,9-16)21(25)29/h2-3,12,15-18,20H,4-10,13H2,1H3,(H2,25,29). The Hall–Kier alpha value is -2.82. The van der Waals surface area contributed by atoms with Crippen LogP contribution in [-0.2, 0) is 9.53 Å². The Morgan fingerprint density at radius 3 is 2.65 bits per heavy atom. The zero-order chi connectivity index (χ0) is 21.8. The lowest BCUT2D eigenvalue weighted by molar-refractivity contribution is -0.161. The van der Waals surface area contributed by atoms with Crippen LogP contribution in [0, 0.1) is 34.5 Å². The molecule has 1 aliphatic heterocycles. The van der Waals surface area contributed by atoms with Gasteiger partial charge in [-0.25, -0.2) is 9.78 Å². The minimum atomic E-state index is -0.366. The van der Waals surface area contributed by atoms with Crippen LogP contribution in [0.3, 0.4) is 0 Å². The molecule has 0 spiro atoms. The molecule has 4 bridgehead atoms. The fourth-order valence-corrected chi connectivity index (χ4v) is 6.73. The summed E-state index contributed by atoms with van der Waals surface area (Å²) in [5, 5.41) is 8.94. The number of carbonyl (C=O) groups is 2. The summed E-state index contributed by atoms with van der Waals surface area (Å²) in [5.74, 6) is 1.68. The minimum absolute atomic E-state index is 0.0894. The molecule has 2 heterocycles. The third kappa shape index (κ3) is 3.40. The number of primary amides is 1. The molecule has 1 aromatic rings. The summed E-state index contributed by atoms with van der Waals surface area (Å²) in [5.41, 5.74) is 5.93. The second-order valence-corrected chi connectivity index (χ2v) is 9.98. The third-order valence-electron chi connectivity index (χ3n) is 8.15. The van der Waals surface area contributed by atoms with Gasteiger partial charge >= 0.3 is 6.09 Å². The Morgan fingerprint density at radius 1 is 1.29 bits per heavy atom. The predicted molar refractivity (Wildman–Crippen MR) is 113 cm³/mol. The number of carbonyl (C=O) groups excluding carboxylic acids is 2. The van der Waals surface area contributed by atoms with Crippen LogP contribution >= 0.6 is 0 Å². The highest BCUT2D eigenvalue weighted by Crippen LogP contribution is 2.60. The first-order chi connectivity index (χ1) is 14.9. The quantitative estimate of drug-likeness (QED) is 0.795. The lowest BCUT2D eigenvalue weighted by Gasteiger charge is -2.58. The topological polar surface area (TPSA) is 113 Å². The second-order valence-electron chi connectivity index (χ2n) is 9.98. The molecule has 2 amide bonds. The van der Waals surface area contributed by atoms with E-state index in [4.69, 9.17) is 15.7 Å². The lowest BCUT2D eigenvalue weighted by Crippen LogP contribution is -2.59. The fourth-order valence-electron chi connectivity index (χ4n) is 6.73.